The van der Waals surface area contributed by atoms with E-state index in [1.807, 2.05) is 61.5 Å². The molecule has 1 atom stereocenters. The Kier molecular flexibility index (Phi) is 4.68. The van der Waals surface area contributed by atoms with Gasteiger partial charge in [-0.25, -0.2) is 8.42 Å². The molecule has 5 heteroatoms. The van der Waals surface area contributed by atoms with Crippen molar-refractivity contribution < 1.29 is 8.42 Å². The number of hydrogen-bond acceptors (Lipinski definition) is 3. The molecule has 154 valence electrons. The van der Waals surface area contributed by atoms with E-state index >= 15 is 0 Å². The minimum absolute atomic E-state index is 0.00922. The Morgan fingerprint density at radius 1 is 0.968 bits per heavy atom. The number of aryl methyl sites for hydroxylation is 1. The second-order valence-corrected chi connectivity index (χ2v) is 9.98. The predicted molar refractivity (Wildman–Crippen MR) is 121 cm³/mol. The molecule has 3 aromatic carbocycles. The normalized spacial score (nSPS) is 17.8. The van der Waals surface area contributed by atoms with Crippen molar-refractivity contribution in [2.24, 2.45) is 0 Å². The van der Waals surface area contributed by atoms with E-state index in [2.05, 4.69) is 12.1 Å². The molecule has 0 radical (unpaired) electrons. The van der Waals surface area contributed by atoms with Gasteiger partial charge in [0.15, 0.2) is 0 Å². The zero-order chi connectivity index (χ0) is 21.6. The number of nitriles is 1. The van der Waals surface area contributed by atoms with Crippen molar-refractivity contribution in [3.8, 4) is 6.07 Å². The second-order valence-electron chi connectivity index (χ2n) is 8.12. The summed E-state index contributed by atoms with van der Waals surface area (Å²) in [7, 11) is -3.66. The maximum absolute atomic E-state index is 13.6. The predicted octanol–water partition coefficient (Wildman–Crippen LogP) is 5.21. The number of benzene rings is 3. The van der Waals surface area contributed by atoms with Crippen LogP contribution in [0.1, 0.15) is 46.6 Å². The van der Waals surface area contributed by atoms with E-state index in [-0.39, 0.29) is 5.92 Å². The molecule has 0 saturated carbocycles. The van der Waals surface area contributed by atoms with Gasteiger partial charge in [-0.15, -0.1) is 0 Å². The van der Waals surface area contributed by atoms with Crippen molar-refractivity contribution in [3.05, 3.63) is 106 Å². The minimum atomic E-state index is -3.66. The van der Waals surface area contributed by atoms with Gasteiger partial charge in [0.1, 0.15) is 0 Å². The lowest BCUT2D eigenvalue weighted by Crippen LogP contribution is -2.33. The first-order chi connectivity index (χ1) is 15.0. The molecule has 0 fully saturated rings. The van der Waals surface area contributed by atoms with E-state index in [1.165, 1.54) is 0 Å². The lowest BCUT2D eigenvalue weighted by molar-refractivity contribution is 0.483. The molecule has 1 aliphatic carbocycles. The first-order valence-corrected chi connectivity index (χ1v) is 11.9. The zero-order valence-electron chi connectivity index (χ0n) is 17.2. The van der Waals surface area contributed by atoms with Crippen molar-refractivity contribution in [1.82, 2.24) is 4.31 Å². The van der Waals surface area contributed by atoms with Crippen LogP contribution in [-0.2, 0) is 10.0 Å². The van der Waals surface area contributed by atoms with Gasteiger partial charge in [-0.2, -0.15) is 5.26 Å². The summed E-state index contributed by atoms with van der Waals surface area (Å²) in [6.45, 7) is 2.43. The third-order valence-corrected chi connectivity index (χ3v) is 8.03. The molecular formula is C26H22N2O2S. The monoisotopic (exact) mass is 426 g/mol. The Labute approximate surface area is 183 Å². The van der Waals surface area contributed by atoms with E-state index in [9.17, 15) is 8.42 Å². The van der Waals surface area contributed by atoms with E-state index < -0.39 is 10.0 Å². The molecular weight excluding hydrogens is 404 g/mol. The lowest BCUT2D eigenvalue weighted by Gasteiger charge is -2.32. The number of sulfonamides is 1. The first-order valence-electron chi connectivity index (χ1n) is 10.4. The molecule has 4 nitrogen and oxygen atoms in total. The number of allylic oxidation sites excluding steroid dienone is 1. The van der Waals surface area contributed by atoms with Gasteiger partial charge < -0.3 is 0 Å². The van der Waals surface area contributed by atoms with Gasteiger partial charge in [0.25, 0.3) is 10.0 Å². The van der Waals surface area contributed by atoms with Gasteiger partial charge in [-0.05, 0) is 60.7 Å². The Morgan fingerprint density at radius 2 is 1.68 bits per heavy atom. The molecule has 0 amide bonds. The fourth-order valence-corrected chi connectivity index (χ4v) is 6.31. The summed E-state index contributed by atoms with van der Waals surface area (Å²) in [6.07, 6.45) is 1.64. The third-order valence-electron chi connectivity index (χ3n) is 6.22. The average Bonchev–Trinajstić information content (AvgIpc) is 3.14. The number of fused-ring (bicyclic) bond motifs is 2. The molecule has 0 spiro atoms. The highest BCUT2D eigenvalue weighted by molar-refractivity contribution is 7.89. The molecule has 0 bridgehead atoms. The Bertz CT molecular complexity index is 1330. The topological polar surface area (TPSA) is 61.2 Å². The molecule has 1 unspecified atom stereocenters. The molecule has 2 aliphatic rings. The summed E-state index contributed by atoms with van der Waals surface area (Å²) in [5.41, 5.74) is 6.84. The van der Waals surface area contributed by atoms with Crippen LogP contribution in [0.3, 0.4) is 0 Å². The molecule has 0 N–H and O–H groups in total. The maximum Gasteiger partial charge on any atom is 0.264 e. The second kappa shape index (κ2) is 7.40. The molecule has 0 aromatic heterocycles. The summed E-state index contributed by atoms with van der Waals surface area (Å²) in [5, 5.41) is 9.16. The van der Waals surface area contributed by atoms with Gasteiger partial charge in [0, 0.05) is 18.0 Å². The van der Waals surface area contributed by atoms with Crippen LogP contribution in [-0.4, -0.2) is 19.3 Å². The molecule has 3 aromatic rings. The average molecular weight is 427 g/mol. The summed E-state index contributed by atoms with van der Waals surface area (Å²) >= 11 is 0. The highest BCUT2D eigenvalue weighted by Gasteiger charge is 2.40. The fraction of sp³-hybridized carbons (Fsp3) is 0.192. The van der Waals surface area contributed by atoms with Crippen molar-refractivity contribution in [1.29, 1.82) is 5.26 Å². The van der Waals surface area contributed by atoms with Crippen LogP contribution in [0.2, 0.25) is 0 Å². The summed E-state index contributed by atoms with van der Waals surface area (Å²) < 4.78 is 28.9. The van der Waals surface area contributed by atoms with Crippen LogP contribution in [0.25, 0.3) is 5.70 Å². The number of hydrogen-bond donors (Lipinski definition) is 0. The highest BCUT2D eigenvalue weighted by Crippen LogP contribution is 2.51. The molecule has 1 aliphatic heterocycles. The van der Waals surface area contributed by atoms with Crippen LogP contribution >= 0.6 is 0 Å². The van der Waals surface area contributed by atoms with E-state index in [0.29, 0.717) is 17.0 Å². The Morgan fingerprint density at radius 3 is 2.39 bits per heavy atom. The molecule has 5 rings (SSSR count). The van der Waals surface area contributed by atoms with Crippen molar-refractivity contribution >= 4 is 15.7 Å². The van der Waals surface area contributed by atoms with E-state index in [4.69, 9.17) is 5.26 Å². The van der Waals surface area contributed by atoms with Gasteiger partial charge >= 0.3 is 0 Å². The lowest BCUT2D eigenvalue weighted by atomic mass is 9.86. The third kappa shape index (κ3) is 3.15. The molecule has 0 saturated heterocycles. The number of rotatable bonds is 3. The Hall–Kier alpha value is -3.36. The minimum Gasteiger partial charge on any atom is -0.266 e. The standard InChI is InChI=1S/C26H22N2O2S/c1-18-8-14-21(15-9-18)31(29,30)28-16-4-7-24-25(20-12-10-19(17-27)11-13-20)22-5-2-3-6-23(22)26(24)28/h2-3,5-6,8-15,25H,4,7,16H2,1H3. The van der Waals surface area contributed by atoms with Crippen LogP contribution in [0.15, 0.2) is 83.3 Å². The van der Waals surface area contributed by atoms with Crippen LogP contribution in [0, 0.1) is 18.3 Å². The molecule has 1 heterocycles. The van der Waals surface area contributed by atoms with Gasteiger partial charge in [0.2, 0.25) is 0 Å². The van der Waals surface area contributed by atoms with Gasteiger partial charge in [-0.1, -0.05) is 54.1 Å². The van der Waals surface area contributed by atoms with Crippen molar-refractivity contribution in [2.45, 2.75) is 30.6 Å². The largest absolute Gasteiger partial charge is 0.266 e. The van der Waals surface area contributed by atoms with Crippen LogP contribution < -0.4 is 0 Å². The zero-order valence-corrected chi connectivity index (χ0v) is 18.1. The summed E-state index contributed by atoms with van der Waals surface area (Å²) in [6, 6.07) is 25.0. The number of nitrogens with zero attached hydrogens (tertiary/aromatic N) is 2. The van der Waals surface area contributed by atoms with Gasteiger partial charge in [0.05, 0.1) is 22.2 Å². The maximum atomic E-state index is 13.6. The quantitative estimate of drug-likeness (QED) is 0.578. The summed E-state index contributed by atoms with van der Waals surface area (Å²) in [4.78, 5) is 0.325. The van der Waals surface area contributed by atoms with Crippen LogP contribution in [0.5, 0.6) is 0 Å². The van der Waals surface area contributed by atoms with E-state index in [0.717, 1.165) is 46.4 Å². The highest BCUT2D eigenvalue weighted by atomic mass is 32.2. The Balaban J connectivity index is 1.67. The van der Waals surface area contributed by atoms with Crippen LogP contribution in [0.4, 0.5) is 0 Å². The summed E-state index contributed by atoms with van der Waals surface area (Å²) in [5.74, 6) is 0.00922. The van der Waals surface area contributed by atoms with Gasteiger partial charge in [-0.3, -0.25) is 4.31 Å². The SMILES string of the molecule is Cc1ccc(S(=O)(=O)N2CCCC3=C2c2ccccc2C3c2ccc(C#N)cc2)cc1. The fourth-order valence-electron chi connectivity index (χ4n) is 4.75. The smallest absolute Gasteiger partial charge is 0.264 e. The van der Waals surface area contributed by atoms with Crippen molar-refractivity contribution in [2.75, 3.05) is 6.54 Å². The van der Waals surface area contributed by atoms with E-state index in [1.54, 1.807) is 16.4 Å². The van der Waals surface area contributed by atoms with Crippen molar-refractivity contribution in [3.63, 3.8) is 0 Å². The molecule has 31 heavy (non-hydrogen) atoms. The first kappa shape index (κ1) is 19.6.